The molecule has 2 aromatic rings. The third-order valence-corrected chi connectivity index (χ3v) is 3.93. The van der Waals surface area contributed by atoms with Crippen molar-refractivity contribution in [3.8, 4) is 11.1 Å². The van der Waals surface area contributed by atoms with Crippen LogP contribution in [0.3, 0.4) is 0 Å². The molecule has 0 aliphatic carbocycles. The Balaban J connectivity index is 2.45. The molecule has 2 heteroatoms. The topological polar surface area (TPSA) is 0 Å². The van der Waals surface area contributed by atoms with Gasteiger partial charge in [0.1, 0.15) is 0 Å². The first-order valence-corrected chi connectivity index (χ1v) is 7.15. The molecule has 20 heavy (non-hydrogen) atoms. The summed E-state index contributed by atoms with van der Waals surface area (Å²) in [7, 11) is 0. The molecule has 1 unspecified atom stereocenters. The molecular weight excluding hydrogens is 254 g/mol. The molecule has 0 radical (unpaired) electrons. The minimum absolute atomic E-state index is 0.0287. The number of rotatable bonds is 4. The highest BCUT2D eigenvalue weighted by molar-refractivity contribution is 5.65. The van der Waals surface area contributed by atoms with E-state index in [-0.39, 0.29) is 5.92 Å². The largest absolute Gasteiger partial charge is 0.203 e. The van der Waals surface area contributed by atoms with Crippen LogP contribution in [0.2, 0.25) is 0 Å². The highest BCUT2D eigenvalue weighted by Crippen LogP contribution is 2.30. The van der Waals surface area contributed by atoms with Crippen molar-refractivity contribution in [3.63, 3.8) is 0 Å². The summed E-state index contributed by atoms with van der Waals surface area (Å²) in [6.45, 7) is 5.95. The summed E-state index contributed by atoms with van der Waals surface area (Å²) >= 11 is 0. The van der Waals surface area contributed by atoms with Gasteiger partial charge in [0.25, 0.3) is 0 Å². The number of aryl methyl sites for hydroxylation is 1. The van der Waals surface area contributed by atoms with E-state index in [1.807, 2.05) is 38.1 Å². The average molecular weight is 274 g/mol. The molecule has 0 saturated heterocycles. The van der Waals surface area contributed by atoms with Gasteiger partial charge in [0.15, 0.2) is 11.6 Å². The third-order valence-electron chi connectivity index (χ3n) is 3.93. The van der Waals surface area contributed by atoms with E-state index in [9.17, 15) is 8.78 Å². The van der Waals surface area contributed by atoms with Gasteiger partial charge in [-0.3, -0.25) is 0 Å². The lowest BCUT2D eigenvalue weighted by Gasteiger charge is -2.13. The zero-order valence-electron chi connectivity index (χ0n) is 12.2. The van der Waals surface area contributed by atoms with Gasteiger partial charge in [0, 0.05) is 5.56 Å². The Bertz CT molecular complexity index is 585. The Morgan fingerprint density at radius 2 is 1.55 bits per heavy atom. The first-order chi connectivity index (χ1) is 9.58. The molecule has 2 aromatic carbocycles. The van der Waals surface area contributed by atoms with E-state index in [1.54, 1.807) is 12.1 Å². The van der Waals surface area contributed by atoms with Gasteiger partial charge in [-0.25, -0.2) is 8.78 Å². The van der Waals surface area contributed by atoms with Crippen molar-refractivity contribution in [2.75, 3.05) is 0 Å². The van der Waals surface area contributed by atoms with Crippen molar-refractivity contribution in [1.82, 2.24) is 0 Å². The lowest BCUT2D eigenvalue weighted by Crippen LogP contribution is -2.00. The van der Waals surface area contributed by atoms with Crippen molar-refractivity contribution < 1.29 is 8.78 Å². The Morgan fingerprint density at radius 3 is 2.10 bits per heavy atom. The number of hydrogen-bond acceptors (Lipinski definition) is 0. The summed E-state index contributed by atoms with van der Waals surface area (Å²) in [4.78, 5) is 0. The summed E-state index contributed by atoms with van der Waals surface area (Å²) in [6.07, 6.45) is 1.73. The maximum Gasteiger partial charge on any atom is 0.166 e. The standard InChI is InChI=1S/C18H20F2/c1-4-12(3)15-10-11-16(18(20)17(15)19)14-8-6-13(5-2)7-9-14/h6-12H,4-5H2,1-3H3. The fourth-order valence-electron chi connectivity index (χ4n) is 2.31. The predicted molar refractivity (Wildman–Crippen MR) is 79.9 cm³/mol. The maximum atomic E-state index is 14.3. The third kappa shape index (κ3) is 2.74. The van der Waals surface area contributed by atoms with Crippen molar-refractivity contribution in [2.45, 2.75) is 39.5 Å². The highest BCUT2D eigenvalue weighted by Gasteiger charge is 2.17. The lowest BCUT2D eigenvalue weighted by atomic mass is 9.94. The van der Waals surface area contributed by atoms with Crippen LogP contribution in [-0.4, -0.2) is 0 Å². The maximum absolute atomic E-state index is 14.3. The van der Waals surface area contributed by atoms with Crippen LogP contribution in [0.5, 0.6) is 0 Å². The van der Waals surface area contributed by atoms with Crippen LogP contribution in [0.4, 0.5) is 8.78 Å². The summed E-state index contributed by atoms with van der Waals surface area (Å²) in [5, 5.41) is 0. The number of benzene rings is 2. The highest BCUT2D eigenvalue weighted by atomic mass is 19.2. The summed E-state index contributed by atoms with van der Waals surface area (Å²) < 4.78 is 28.4. The molecule has 0 amide bonds. The van der Waals surface area contributed by atoms with E-state index in [1.165, 1.54) is 5.56 Å². The molecule has 0 spiro atoms. The van der Waals surface area contributed by atoms with Gasteiger partial charge in [-0.2, -0.15) is 0 Å². The van der Waals surface area contributed by atoms with Crippen LogP contribution in [0.15, 0.2) is 36.4 Å². The van der Waals surface area contributed by atoms with Gasteiger partial charge in [0.05, 0.1) is 0 Å². The lowest BCUT2D eigenvalue weighted by molar-refractivity contribution is 0.491. The minimum atomic E-state index is -0.743. The zero-order valence-corrected chi connectivity index (χ0v) is 12.2. The molecule has 0 N–H and O–H groups in total. The van der Waals surface area contributed by atoms with Crippen LogP contribution >= 0.6 is 0 Å². The van der Waals surface area contributed by atoms with Crippen molar-refractivity contribution in [1.29, 1.82) is 0 Å². The van der Waals surface area contributed by atoms with Crippen LogP contribution in [0.25, 0.3) is 11.1 Å². The minimum Gasteiger partial charge on any atom is -0.203 e. The van der Waals surface area contributed by atoms with Crippen LogP contribution in [0.1, 0.15) is 44.2 Å². The van der Waals surface area contributed by atoms with E-state index in [0.717, 1.165) is 12.8 Å². The van der Waals surface area contributed by atoms with E-state index in [0.29, 0.717) is 16.7 Å². The summed E-state index contributed by atoms with van der Waals surface area (Å²) in [6, 6.07) is 11.0. The first-order valence-electron chi connectivity index (χ1n) is 7.15. The Kier molecular flexibility index (Phi) is 4.53. The van der Waals surface area contributed by atoms with Crippen LogP contribution < -0.4 is 0 Å². The van der Waals surface area contributed by atoms with Crippen LogP contribution in [0, 0.1) is 11.6 Å². The Labute approximate surface area is 119 Å². The summed E-state index contributed by atoms with van der Waals surface area (Å²) in [5.41, 5.74) is 2.69. The molecule has 106 valence electrons. The second kappa shape index (κ2) is 6.17. The normalized spacial score (nSPS) is 12.4. The smallest absolute Gasteiger partial charge is 0.166 e. The van der Waals surface area contributed by atoms with Gasteiger partial charge in [0.2, 0.25) is 0 Å². The van der Waals surface area contributed by atoms with Crippen molar-refractivity contribution >= 4 is 0 Å². The first kappa shape index (κ1) is 14.7. The second-order valence-electron chi connectivity index (χ2n) is 5.19. The monoisotopic (exact) mass is 274 g/mol. The molecule has 0 saturated carbocycles. The quantitative estimate of drug-likeness (QED) is 0.670. The van der Waals surface area contributed by atoms with Gasteiger partial charge in [-0.1, -0.05) is 57.2 Å². The summed E-state index contributed by atoms with van der Waals surface area (Å²) in [5.74, 6) is -1.43. The molecule has 0 aliphatic heterocycles. The van der Waals surface area contributed by atoms with Gasteiger partial charge in [-0.15, -0.1) is 0 Å². The van der Waals surface area contributed by atoms with Crippen molar-refractivity contribution in [2.24, 2.45) is 0 Å². The molecule has 0 nitrogen and oxygen atoms in total. The SMILES string of the molecule is CCc1ccc(-c2ccc(C(C)CC)c(F)c2F)cc1. The molecule has 0 heterocycles. The van der Waals surface area contributed by atoms with E-state index in [4.69, 9.17) is 0 Å². The Morgan fingerprint density at radius 1 is 0.900 bits per heavy atom. The molecule has 0 aliphatic rings. The fourth-order valence-corrected chi connectivity index (χ4v) is 2.31. The predicted octanol–water partition coefficient (Wildman–Crippen LogP) is 5.71. The Hall–Kier alpha value is -1.70. The number of halogens is 2. The van der Waals surface area contributed by atoms with Gasteiger partial charge < -0.3 is 0 Å². The number of hydrogen-bond donors (Lipinski definition) is 0. The second-order valence-corrected chi connectivity index (χ2v) is 5.19. The van der Waals surface area contributed by atoms with E-state index < -0.39 is 11.6 Å². The zero-order chi connectivity index (χ0) is 14.7. The molecule has 1 atom stereocenters. The average Bonchev–Trinajstić information content (AvgIpc) is 2.49. The molecule has 2 rings (SSSR count). The van der Waals surface area contributed by atoms with Gasteiger partial charge in [-0.05, 0) is 35.4 Å². The fraction of sp³-hybridized carbons (Fsp3) is 0.333. The molecule has 0 aromatic heterocycles. The molecular formula is C18H20F2. The van der Waals surface area contributed by atoms with Crippen molar-refractivity contribution in [3.05, 3.63) is 59.2 Å². The van der Waals surface area contributed by atoms with E-state index in [2.05, 4.69) is 6.92 Å². The van der Waals surface area contributed by atoms with Gasteiger partial charge >= 0.3 is 0 Å². The van der Waals surface area contributed by atoms with E-state index >= 15 is 0 Å². The molecule has 0 bridgehead atoms. The molecule has 0 fully saturated rings. The van der Waals surface area contributed by atoms with Crippen LogP contribution in [-0.2, 0) is 6.42 Å².